The molecule has 0 aliphatic carbocycles. The zero-order chi connectivity index (χ0) is 26.1. The highest BCUT2D eigenvalue weighted by atomic mass is 16.5. The van der Waals surface area contributed by atoms with Crippen molar-refractivity contribution in [1.29, 1.82) is 0 Å². The summed E-state index contributed by atoms with van der Waals surface area (Å²) in [5.74, 6) is 1.81. The Morgan fingerprint density at radius 3 is 2.13 bits per heavy atom. The van der Waals surface area contributed by atoms with Crippen molar-refractivity contribution in [3.8, 4) is 39.4 Å². The fourth-order valence-electron chi connectivity index (χ4n) is 6.10. The number of imidazole rings is 1. The Morgan fingerprint density at radius 1 is 0.590 bits per heavy atom. The zero-order valence-corrected chi connectivity index (χ0v) is 21.8. The SMILES string of the molecule is CC1(C)Oc2cc(-c3cccc(-c4ccc5ccc6ccccc6c5c4)c3)ccc2-c2nc3ccccc3n21. The zero-order valence-electron chi connectivity index (χ0n) is 21.8. The van der Waals surface area contributed by atoms with Gasteiger partial charge in [-0.3, -0.25) is 4.57 Å². The van der Waals surface area contributed by atoms with E-state index in [0.717, 1.165) is 39.3 Å². The van der Waals surface area contributed by atoms with Gasteiger partial charge >= 0.3 is 0 Å². The van der Waals surface area contributed by atoms with E-state index in [-0.39, 0.29) is 0 Å². The molecule has 1 aliphatic rings. The van der Waals surface area contributed by atoms with Gasteiger partial charge in [-0.25, -0.2) is 4.98 Å². The first-order chi connectivity index (χ1) is 19.0. The monoisotopic (exact) mass is 502 g/mol. The number of aromatic nitrogens is 2. The van der Waals surface area contributed by atoms with E-state index in [9.17, 15) is 0 Å². The normalized spacial score (nSPS) is 13.8. The third-order valence-electron chi connectivity index (χ3n) is 7.96. The maximum absolute atomic E-state index is 6.60. The number of fused-ring (bicyclic) bond motifs is 8. The molecule has 7 aromatic rings. The van der Waals surface area contributed by atoms with Crippen molar-refractivity contribution in [2.24, 2.45) is 0 Å². The third-order valence-corrected chi connectivity index (χ3v) is 7.96. The van der Waals surface area contributed by atoms with Gasteiger partial charge in [-0.2, -0.15) is 0 Å². The molecular formula is C36H26N2O. The van der Waals surface area contributed by atoms with E-state index in [2.05, 4.69) is 134 Å². The standard InChI is InChI=1S/C36H26N2O/c1-36(2)38-33-13-6-5-12-32(33)37-35(38)30-19-18-28(22-34(30)39-36)26-10-7-9-25(20-26)27-17-16-24-15-14-23-8-3-4-11-29(23)31(24)21-27/h3-22H,1-2H3. The lowest BCUT2D eigenvalue weighted by Crippen LogP contribution is -2.36. The number of rotatable bonds is 2. The minimum atomic E-state index is -0.549. The van der Waals surface area contributed by atoms with E-state index < -0.39 is 5.72 Å². The second-order valence-electron chi connectivity index (χ2n) is 10.8. The first-order valence-corrected chi connectivity index (χ1v) is 13.4. The Balaban J connectivity index is 1.23. The van der Waals surface area contributed by atoms with Crippen LogP contribution in [0.15, 0.2) is 121 Å². The van der Waals surface area contributed by atoms with E-state index in [0.29, 0.717) is 0 Å². The Bertz CT molecular complexity index is 2080. The number of benzene rings is 6. The van der Waals surface area contributed by atoms with Gasteiger partial charge in [0, 0.05) is 0 Å². The molecule has 39 heavy (non-hydrogen) atoms. The summed E-state index contributed by atoms with van der Waals surface area (Å²) in [6.07, 6.45) is 0. The molecule has 0 spiro atoms. The lowest BCUT2D eigenvalue weighted by atomic mass is 9.94. The molecular weight excluding hydrogens is 476 g/mol. The summed E-state index contributed by atoms with van der Waals surface area (Å²) in [4.78, 5) is 4.98. The highest BCUT2D eigenvalue weighted by molar-refractivity contribution is 6.08. The van der Waals surface area contributed by atoms with E-state index in [1.165, 1.54) is 32.7 Å². The summed E-state index contributed by atoms with van der Waals surface area (Å²) in [6, 6.07) is 43.3. The summed E-state index contributed by atoms with van der Waals surface area (Å²) in [7, 11) is 0. The summed E-state index contributed by atoms with van der Waals surface area (Å²) < 4.78 is 8.80. The van der Waals surface area contributed by atoms with E-state index in [1.807, 2.05) is 6.07 Å². The van der Waals surface area contributed by atoms with Gasteiger partial charge in [0.2, 0.25) is 0 Å². The Labute approximate surface area is 226 Å². The molecule has 0 saturated heterocycles. The van der Waals surface area contributed by atoms with Crippen LogP contribution in [0.2, 0.25) is 0 Å². The van der Waals surface area contributed by atoms with Gasteiger partial charge in [0.05, 0.1) is 16.6 Å². The lowest BCUT2D eigenvalue weighted by Gasteiger charge is -2.35. The fraction of sp³-hybridized carbons (Fsp3) is 0.0833. The molecule has 0 fully saturated rings. The number of nitrogens with zero attached hydrogens (tertiary/aromatic N) is 2. The van der Waals surface area contributed by atoms with Gasteiger partial charge < -0.3 is 4.74 Å². The average molecular weight is 503 g/mol. The van der Waals surface area contributed by atoms with Gasteiger partial charge in [-0.1, -0.05) is 84.9 Å². The molecule has 1 aliphatic heterocycles. The van der Waals surface area contributed by atoms with Crippen molar-refractivity contribution in [3.63, 3.8) is 0 Å². The van der Waals surface area contributed by atoms with E-state index in [4.69, 9.17) is 9.72 Å². The van der Waals surface area contributed by atoms with Crippen LogP contribution in [-0.4, -0.2) is 9.55 Å². The maximum Gasteiger partial charge on any atom is 0.182 e. The molecule has 0 radical (unpaired) electrons. The summed E-state index contributed by atoms with van der Waals surface area (Å²) in [6.45, 7) is 4.20. The smallest absolute Gasteiger partial charge is 0.182 e. The first-order valence-electron chi connectivity index (χ1n) is 13.4. The second kappa shape index (κ2) is 8.05. The number of hydrogen-bond acceptors (Lipinski definition) is 2. The van der Waals surface area contributed by atoms with Crippen LogP contribution >= 0.6 is 0 Å². The second-order valence-corrected chi connectivity index (χ2v) is 10.8. The van der Waals surface area contributed by atoms with Gasteiger partial charge in [-0.05, 0) is 94.0 Å². The fourth-order valence-corrected chi connectivity index (χ4v) is 6.10. The Hall–Kier alpha value is -4.89. The van der Waals surface area contributed by atoms with Crippen LogP contribution in [0, 0.1) is 0 Å². The maximum atomic E-state index is 6.60. The van der Waals surface area contributed by atoms with Crippen molar-refractivity contribution >= 4 is 32.6 Å². The Morgan fingerprint density at radius 2 is 1.26 bits per heavy atom. The van der Waals surface area contributed by atoms with Crippen molar-refractivity contribution in [2.45, 2.75) is 19.6 Å². The van der Waals surface area contributed by atoms with Crippen molar-refractivity contribution < 1.29 is 4.74 Å². The minimum Gasteiger partial charge on any atom is -0.467 e. The molecule has 0 saturated carbocycles. The molecule has 6 aromatic carbocycles. The molecule has 186 valence electrons. The van der Waals surface area contributed by atoms with Crippen LogP contribution in [0.4, 0.5) is 0 Å². The van der Waals surface area contributed by atoms with Crippen molar-refractivity contribution in [2.75, 3.05) is 0 Å². The van der Waals surface area contributed by atoms with Crippen LogP contribution in [0.3, 0.4) is 0 Å². The summed E-state index contributed by atoms with van der Waals surface area (Å²) in [5.41, 5.74) is 7.24. The first kappa shape index (κ1) is 22.1. The van der Waals surface area contributed by atoms with Crippen molar-refractivity contribution in [3.05, 3.63) is 121 Å². The van der Waals surface area contributed by atoms with Crippen molar-refractivity contribution in [1.82, 2.24) is 9.55 Å². The van der Waals surface area contributed by atoms with Crippen LogP contribution < -0.4 is 4.74 Å². The molecule has 8 rings (SSSR count). The molecule has 0 amide bonds. The van der Waals surface area contributed by atoms with Gasteiger partial charge in [0.1, 0.15) is 11.6 Å². The minimum absolute atomic E-state index is 0.549. The largest absolute Gasteiger partial charge is 0.467 e. The van der Waals surface area contributed by atoms with Gasteiger partial charge in [0.25, 0.3) is 0 Å². The van der Waals surface area contributed by atoms with E-state index in [1.54, 1.807) is 0 Å². The summed E-state index contributed by atoms with van der Waals surface area (Å²) >= 11 is 0. The molecule has 2 heterocycles. The van der Waals surface area contributed by atoms with Gasteiger partial charge in [0.15, 0.2) is 5.72 Å². The highest BCUT2D eigenvalue weighted by Gasteiger charge is 2.34. The molecule has 0 bridgehead atoms. The van der Waals surface area contributed by atoms with Crippen LogP contribution in [0.25, 0.3) is 66.2 Å². The van der Waals surface area contributed by atoms with E-state index >= 15 is 0 Å². The van der Waals surface area contributed by atoms with Crippen LogP contribution in [0.1, 0.15) is 13.8 Å². The molecule has 0 unspecified atom stereocenters. The molecule has 3 heteroatoms. The predicted octanol–water partition coefficient (Wildman–Crippen LogP) is 9.43. The van der Waals surface area contributed by atoms with Crippen LogP contribution in [0.5, 0.6) is 5.75 Å². The molecule has 3 nitrogen and oxygen atoms in total. The number of hydrogen-bond donors (Lipinski definition) is 0. The topological polar surface area (TPSA) is 27.1 Å². The highest BCUT2D eigenvalue weighted by Crippen LogP contribution is 2.44. The Kier molecular flexibility index (Phi) is 4.57. The molecule has 0 atom stereocenters. The lowest BCUT2D eigenvalue weighted by molar-refractivity contribution is 0.0306. The van der Waals surface area contributed by atoms with Crippen LogP contribution in [-0.2, 0) is 5.72 Å². The molecule has 0 N–H and O–H groups in total. The average Bonchev–Trinajstić information content (AvgIpc) is 3.38. The van der Waals surface area contributed by atoms with Gasteiger partial charge in [-0.15, -0.1) is 0 Å². The third kappa shape index (κ3) is 3.40. The number of ether oxygens (including phenoxy) is 1. The summed E-state index contributed by atoms with van der Waals surface area (Å²) in [5, 5.41) is 5.09. The predicted molar refractivity (Wildman–Crippen MR) is 161 cm³/mol. The molecule has 1 aromatic heterocycles. The quantitative estimate of drug-likeness (QED) is 0.220. The number of para-hydroxylation sites is 2.